The molecule has 146 valence electrons. The molecule has 0 fully saturated rings. The van der Waals surface area contributed by atoms with E-state index >= 15 is 0 Å². The first-order valence-corrected chi connectivity index (χ1v) is 8.43. The van der Waals surface area contributed by atoms with Gasteiger partial charge in [-0.05, 0) is 39.1 Å². The topological polar surface area (TPSA) is 85.3 Å². The number of phenols is 1. The number of phenolic OH excluding ortho intramolecular Hbond substituents is 1. The van der Waals surface area contributed by atoms with Crippen LogP contribution in [0.15, 0.2) is 36.4 Å². The van der Waals surface area contributed by atoms with Crippen molar-refractivity contribution in [2.45, 2.75) is 38.8 Å². The fourth-order valence-corrected chi connectivity index (χ4v) is 2.74. The number of carbonyl (C=O) groups excluding carboxylic acids is 2. The van der Waals surface area contributed by atoms with Crippen LogP contribution in [0.5, 0.6) is 5.75 Å². The molecule has 7 heteroatoms. The number of aromatic hydroxyl groups is 1. The Morgan fingerprint density at radius 1 is 0.926 bits per heavy atom. The van der Waals surface area contributed by atoms with Crippen molar-refractivity contribution in [3.63, 3.8) is 0 Å². The summed E-state index contributed by atoms with van der Waals surface area (Å²) < 4.78 is 9.71. The largest absolute Gasteiger partial charge is 0.506 e. The summed E-state index contributed by atoms with van der Waals surface area (Å²) in [5.74, 6) is -1.34. The molecule has 2 aromatic rings. The molecule has 1 N–H and O–H groups in total. The third-order valence-corrected chi connectivity index (χ3v) is 4.27. The quantitative estimate of drug-likeness (QED) is 0.613. The van der Waals surface area contributed by atoms with Gasteiger partial charge in [-0.15, -0.1) is 0 Å². The number of fused-ring (bicyclic) bond motifs is 1. The van der Waals surface area contributed by atoms with Crippen LogP contribution in [-0.2, 0) is 23.9 Å². The van der Waals surface area contributed by atoms with E-state index in [4.69, 9.17) is 14.3 Å². The molecule has 0 amide bonds. The molecule has 0 radical (unpaired) electrons. The molecular weight excluding hydrogens is 350 g/mol. The normalized spacial score (nSPS) is 11.9. The minimum Gasteiger partial charge on any atom is -0.506 e. The van der Waals surface area contributed by atoms with E-state index in [-0.39, 0.29) is 11.4 Å². The van der Waals surface area contributed by atoms with Crippen LogP contribution in [0, 0.1) is 0 Å². The van der Waals surface area contributed by atoms with Crippen molar-refractivity contribution in [2.75, 3.05) is 19.3 Å². The van der Waals surface area contributed by atoms with Crippen molar-refractivity contribution in [1.82, 2.24) is 0 Å². The zero-order valence-corrected chi connectivity index (χ0v) is 16.4. The standard InChI is InChI=1S/C20H25NO6/c1-19(2,17(23)25-5)21(27-20(3,4)18(24)26-6)16-14-10-8-7-9-13(14)11-12-15(16)22/h7-12,22H,1-6H3. The van der Waals surface area contributed by atoms with Gasteiger partial charge in [-0.1, -0.05) is 30.3 Å². The monoisotopic (exact) mass is 375 g/mol. The maximum Gasteiger partial charge on any atom is 0.340 e. The number of hydrogen-bond acceptors (Lipinski definition) is 7. The zero-order valence-electron chi connectivity index (χ0n) is 16.4. The lowest BCUT2D eigenvalue weighted by Crippen LogP contribution is -2.56. The second-order valence-electron chi connectivity index (χ2n) is 7.09. The van der Waals surface area contributed by atoms with Gasteiger partial charge in [0.05, 0.1) is 14.2 Å². The lowest BCUT2D eigenvalue weighted by molar-refractivity contribution is -0.173. The number of ether oxygens (including phenoxy) is 2. The first-order valence-electron chi connectivity index (χ1n) is 8.43. The Kier molecular flexibility index (Phi) is 5.65. The van der Waals surface area contributed by atoms with Gasteiger partial charge in [0.2, 0.25) is 0 Å². The Labute approximate surface area is 158 Å². The minimum absolute atomic E-state index is 0.105. The van der Waals surface area contributed by atoms with Gasteiger partial charge >= 0.3 is 11.9 Å². The molecule has 0 bridgehead atoms. The van der Waals surface area contributed by atoms with E-state index in [1.165, 1.54) is 39.2 Å². The van der Waals surface area contributed by atoms with Crippen LogP contribution in [0.25, 0.3) is 10.8 Å². The summed E-state index contributed by atoms with van der Waals surface area (Å²) in [5, 5.41) is 13.3. The van der Waals surface area contributed by atoms with Crippen molar-refractivity contribution < 1.29 is 29.0 Å². The molecule has 0 unspecified atom stereocenters. The molecule has 0 aliphatic rings. The van der Waals surface area contributed by atoms with Crippen LogP contribution >= 0.6 is 0 Å². The van der Waals surface area contributed by atoms with Gasteiger partial charge in [-0.2, -0.15) is 0 Å². The Hall–Kier alpha value is -2.80. The molecule has 2 rings (SSSR count). The van der Waals surface area contributed by atoms with Gasteiger partial charge in [-0.25, -0.2) is 14.7 Å². The molecule has 0 aliphatic carbocycles. The number of carbonyl (C=O) groups is 2. The SMILES string of the molecule is COC(=O)C(C)(C)ON(c1c(O)ccc2ccccc12)C(C)(C)C(=O)OC. The molecule has 0 atom stereocenters. The predicted octanol–water partition coefficient (Wildman–Crippen LogP) is 3.19. The van der Waals surface area contributed by atoms with Crippen molar-refractivity contribution in [1.29, 1.82) is 0 Å². The van der Waals surface area contributed by atoms with Gasteiger partial charge in [0.15, 0.2) is 11.1 Å². The molecule has 7 nitrogen and oxygen atoms in total. The number of rotatable bonds is 6. The summed E-state index contributed by atoms with van der Waals surface area (Å²) in [6, 6.07) is 10.6. The van der Waals surface area contributed by atoms with E-state index in [0.717, 1.165) is 5.39 Å². The van der Waals surface area contributed by atoms with E-state index < -0.39 is 23.1 Å². The molecule has 0 saturated heterocycles. The van der Waals surface area contributed by atoms with Crippen LogP contribution in [-0.4, -0.2) is 42.4 Å². The van der Waals surface area contributed by atoms with Crippen molar-refractivity contribution >= 4 is 28.4 Å². The summed E-state index contributed by atoms with van der Waals surface area (Å²) >= 11 is 0. The smallest absolute Gasteiger partial charge is 0.340 e. The maximum absolute atomic E-state index is 12.5. The Morgan fingerprint density at radius 2 is 1.52 bits per heavy atom. The molecule has 0 aliphatic heterocycles. The van der Waals surface area contributed by atoms with Gasteiger partial charge in [-0.3, -0.25) is 4.84 Å². The highest BCUT2D eigenvalue weighted by Gasteiger charge is 2.44. The zero-order chi connectivity index (χ0) is 20.4. The van der Waals surface area contributed by atoms with Gasteiger partial charge in [0.1, 0.15) is 11.4 Å². The second-order valence-corrected chi connectivity index (χ2v) is 7.09. The number of esters is 2. The van der Waals surface area contributed by atoms with Crippen LogP contribution in [0.1, 0.15) is 27.7 Å². The fraction of sp³-hybridized carbons (Fsp3) is 0.400. The number of anilines is 1. The van der Waals surface area contributed by atoms with Crippen LogP contribution in [0.4, 0.5) is 5.69 Å². The van der Waals surface area contributed by atoms with E-state index in [1.54, 1.807) is 32.0 Å². The first-order chi connectivity index (χ1) is 12.6. The minimum atomic E-state index is -1.43. The molecule has 0 spiro atoms. The third-order valence-electron chi connectivity index (χ3n) is 4.27. The highest BCUT2D eigenvalue weighted by Crippen LogP contribution is 2.41. The number of hydroxylamine groups is 1. The molecule has 27 heavy (non-hydrogen) atoms. The highest BCUT2D eigenvalue weighted by atomic mass is 16.7. The lowest BCUT2D eigenvalue weighted by atomic mass is 10.0. The van der Waals surface area contributed by atoms with Crippen LogP contribution in [0.2, 0.25) is 0 Å². The second kappa shape index (κ2) is 7.44. The van der Waals surface area contributed by atoms with E-state index in [0.29, 0.717) is 5.39 Å². The lowest BCUT2D eigenvalue weighted by Gasteiger charge is -2.41. The van der Waals surface area contributed by atoms with Crippen LogP contribution in [0.3, 0.4) is 0 Å². The molecular formula is C20H25NO6. The summed E-state index contributed by atoms with van der Waals surface area (Å²) in [6.07, 6.45) is 0. The van der Waals surface area contributed by atoms with Gasteiger partial charge in [0, 0.05) is 5.39 Å². The Balaban J connectivity index is 2.73. The first kappa shape index (κ1) is 20.5. The third kappa shape index (κ3) is 3.83. The summed E-state index contributed by atoms with van der Waals surface area (Å²) in [5.41, 5.74) is -2.54. The van der Waals surface area contributed by atoms with Crippen molar-refractivity contribution in [3.05, 3.63) is 36.4 Å². The predicted molar refractivity (Wildman–Crippen MR) is 101 cm³/mol. The number of nitrogens with zero attached hydrogens (tertiary/aromatic N) is 1. The summed E-state index contributed by atoms with van der Waals surface area (Å²) in [4.78, 5) is 30.6. The molecule has 0 saturated carbocycles. The van der Waals surface area contributed by atoms with Gasteiger partial charge in [0.25, 0.3) is 0 Å². The average molecular weight is 375 g/mol. The van der Waals surface area contributed by atoms with Crippen LogP contribution < -0.4 is 5.06 Å². The fourth-order valence-electron chi connectivity index (χ4n) is 2.74. The number of benzene rings is 2. The summed E-state index contributed by atoms with van der Waals surface area (Å²) in [6.45, 7) is 6.18. The Bertz CT molecular complexity index is 859. The number of methoxy groups -OCH3 is 2. The maximum atomic E-state index is 12.5. The summed E-state index contributed by atoms with van der Waals surface area (Å²) in [7, 11) is 2.51. The molecule has 0 aromatic heterocycles. The van der Waals surface area contributed by atoms with Crippen molar-refractivity contribution in [3.8, 4) is 5.75 Å². The van der Waals surface area contributed by atoms with E-state index in [2.05, 4.69) is 0 Å². The molecule has 0 heterocycles. The average Bonchev–Trinajstić information content (AvgIpc) is 2.64. The van der Waals surface area contributed by atoms with E-state index in [9.17, 15) is 14.7 Å². The Morgan fingerprint density at radius 3 is 2.11 bits per heavy atom. The van der Waals surface area contributed by atoms with Gasteiger partial charge < -0.3 is 14.6 Å². The highest BCUT2D eigenvalue weighted by molar-refractivity contribution is 5.99. The molecule has 2 aromatic carbocycles. The van der Waals surface area contributed by atoms with E-state index in [1.807, 2.05) is 12.1 Å². The number of hydrogen-bond donors (Lipinski definition) is 1. The van der Waals surface area contributed by atoms with Crippen molar-refractivity contribution in [2.24, 2.45) is 0 Å².